The Hall–Kier alpha value is -2.01. The largest absolute Gasteiger partial charge is 0.487 e. The lowest BCUT2D eigenvalue weighted by molar-refractivity contribution is -0.121. The smallest absolute Gasteiger partial charge is 0.225 e. The number of anilines is 1. The fourth-order valence-corrected chi connectivity index (χ4v) is 3.52. The van der Waals surface area contributed by atoms with E-state index in [-0.39, 0.29) is 17.6 Å². The molecule has 22 heavy (non-hydrogen) atoms. The lowest BCUT2D eigenvalue weighted by Crippen LogP contribution is -2.41. The molecule has 3 N–H and O–H groups in total. The molecule has 1 aromatic heterocycles. The Morgan fingerprint density at radius 3 is 3.00 bits per heavy atom. The Labute approximate surface area is 134 Å². The number of ether oxygens (including phenoxy) is 1. The minimum absolute atomic E-state index is 0.0264. The van der Waals surface area contributed by atoms with E-state index < -0.39 is 0 Å². The average Bonchev–Trinajstić information content (AvgIpc) is 2.91. The summed E-state index contributed by atoms with van der Waals surface area (Å²) in [4.78, 5) is 13.4. The molecule has 1 aromatic carbocycles. The maximum absolute atomic E-state index is 12.3. The highest BCUT2D eigenvalue weighted by atomic mass is 32.1. The molecule has 0 spiro atoms. The molecule has 0 saturated heterocycles. The second kappa shape index (κ2) is 5.65. The van der Waals surface area contributed by atoms with E-state index in [9.17, 15) is 4.79 Å². The van der Waals surface area contributed by atoms with E-state index in [4.69, 9.17) is 10.5 Å². The monoisotopic (exact) mass is 316 g/mol. The highest BCUT2D eigenvalue weighted by Crippen LogP contribution is 2.40. The fourth-order valence-electron chi connectivity index (χ4n) is 2.82. The van der Waals surface area contributed by atoms with Crippen molar-refractivity contribution >= 4 is 22.9 Å². The van der Waals surface area contributed by atoms with Crippen LogP contribution in [0.3, 0.4) is 0 Å². The second-order valence-electron chi connectivity index (χ2n) is 6.24. The third-order valence-electron chi connectivity index (χ3n) is 3.74. The first kappa shape index (κ1) is 14.9. The van der Waals surface area contributed by atoms with Gasteiger partial charge in [-0.05, 0) is 43.5 Å². The van der Waals surface area contributed by atoms with Crippen LogP contribution in [-0.2, 0) is 11.2 Å². The van der Waals surface area contributed by atoms with E-state index in [1.54, 1.807) is 11.3 Å². The van der Waals surface area contributed by atoms with Gasteiger partial charge in [0.15, 0.2) is 0 Å². The molecule has 116 valence electrons. The molecule has 1 amide bonds. The molecule has 2 aromatic rings. The predicted molar refractivity (Wildman–Crippen MR) is 89.1 cm³/mol. The number of hydrogen-bond donors (Lipinski definition) is 2. The summed E-state index contributed by atoms with van der Waals surface area (Å²) in [7, 11) is 0. The van der Waals surface area contributed by atoms with Gasteiger partial charge >= 0.3 is 0 Å². The second-order valence-corrected chi connectivity index (χ2v) is 7.27. The molecule has 2 heterocycles. The number of hydrogen-bond acceptors (Lipinski definition) is 4. The van der Waals surface area contributed by atoms with Crippen LogP contribution in [0.4, 0.5) is 5.69 Å². The molecule has 5 heteroatoms. The van der Waals surface area contributed by atoms with Crippen molar-refractivity contribution in [1.82, 2.24) is 5.32 Å². The van der Waals surface area contributed by atoms with Crippen molar-refractivity contribution in [3.05, 3.63) is 46.2 Å². The zero-order valence-corrected chi connectivity index (χ0v) is 13.6. The van der Waals surface area contributed by atoms with Gasteiger partial charge in [-0.1, -0.05) is 6.07 Å². The summed E-state index contributed by atoms with van der Waals surface area (Å²) in [5.74, 6) is 0.824. The fraction of sp³-hybridized carbons (Fsp3) is 0.353. The van der Waals surface area contributed by atoms with Gasteiger partial charge in [0.1, 0.15) is 11.4 Å². The summed E-state index contributed by atoms with van der Waals surface area (Å²) in [5.41, 5.74) is 7.21. The molecule has 0 fully saturated rings. The lowest BCUT2D eigenvalue weighted by atomic mass is 9.89. The van der Waals surface area contributed by atoms with Crippen LogP contribution in [0.25, 0.3) is 0 Å². The van der Waals surface area contributed by atoms with Crippen LogP contribution in [0.2, 0.25) is 0 Å². The summed E-state index contributed by atoms with van der Waals surface area (Å²) in [5, 5.41) is 5.11. The van der Waals surface area contributed by atoms with Gasteiger partial charge in [0.2, 0.25) is 5.91 Å². The molecule has 0 bridgehead atoms. The standard InChI is InChI=1S/C17H20N2O2S/c1-17(2)10-14(13-8-11(18)5-6-15(13)21-17)19-16(20)9-12-4-3-7-22-12/h3-8,14H,9-10,18H2,1-2H3,(H,19,20). The van der Waals surface area contributed by atoms with Crippen molar-refractivity contribution < 1.29 is 9.53 Å². The van der Waals surface area contributed by atoms with Crippen LogP contribution >= 0.6 is 11.3 Å². The van der Waals surface area contributed by atoms with Gasteiger partial charge in [-0.15, -0.1) is 11.3 Å². The SMILES string of the molecule is CC1(C)CC(NC(=O)Cc2cccs2)c2cc(N)ccc2O1. The third kappa shape index (κ3) is 3.25. The molecule has 1 aliphatic heterocycles. The number of nitrogen functional groups attached to an aromatic ring is 1. The highest BCUT2D eigenvalue weighted by molar-refractivity contribution is 7.10. The molecule has 0 radical (unpaired) electrons. The number of nitrogens with two attached hydrogens (primary N) is 1. The van der Waals surface area contributed by atoms with E-state index in [1.165, 1.54) is 0 Å². The number of rotatable bonds is 3. The molecule has 1 unspecified atom stereocenters. The van der Waals surface area contributed by atoms with Crippen molar-refractivity contribution in [2.24, 2.45) is 0 Å². The molecule has 0 aliphatic carbocycles. The number of fused-ring (bicyclic) bond motifs is 1. The molecule has 1 atom stereocenters. The number of nitrogens with one attached hydrogen (secondary N) is 1. The Kier molecular flexibility index (Phi) is 3.83. The third-order valence-corrected chi connectivity index (χ3v) is 4.62. The summed E-state index contributed by atoms with van der Waals surface area (Å²) >= 11 is 1.60. The van der Waals surface area contributed by atoms with Crippen LogP contribution in [0.1, 0.15) is 36.8 Å². The lowest BCUT2D eigenvalue weighted by Gasteiger charge is -2.38. The van der Waals surface area contributed by atoms with Crippen LogP contribution < -0.4 is 15.8 Å². The van der Waals surface area contributed by atoms with Crippen molar-refractivity contribution in [2.45, 2.75) is 38.3 Å². The summed E-state index contributed by atoms with van der Waals surface area (Å²) in [6.45, 7) is 4.06. The van der Waals surface area contributed by atoms with Gasteiger partial charge in [0.05, 0.1) is 12.5 Å². The quantitative estimate of drug-likeness (QED) is 0.854. The van der Waals surface area contributed by atoms with Crippen molar-refractivity contribution in [1.29, 1.82) is 0 Å². The summed E-state index contributed by atoms with van der Waals surface area (Å²) in [6.07, 6.45) is 1.13. The summed E-state index contributed by atoms with van der Waals surface area (Å²) < 4.78 is 5.99. The summed E-state index contributed by atoms with van der Waals surface area (Å²) in [6, 6.07) is 9.45. The van der Waals surface area contributed by atoms with E-state index in [0.29, 0.717) is 12.1 Å². The Morgan fingerprint density at radius 1 is 1.45 bits per heavy atom. The maximum atomic E-state index is 12.3. The van der Waals surface area contributed by atoms with E-state index in [1.807, 2.05) is 49.6 Å². The highest BCUT2D eigenvalue weighted by Gasteiger charge is 2.34. The molecular formula is C17H20N2O2S. The average molecular weight is 316 g/mol. The topological polar surface area (TPSA) is 64.4 Å². The van der Waals surface area contributed by atoms with Gasteiger partial charge in [0, 0.05) is 22.5 Å². The van der Waals surface area contributed by atoms with Crippen LogP contribution in [0, 0.1) is 0 Å². The van der Waals surface area contributed by atoms with Gasteiger partial charge in [-0.25, -0.2) is 0 Å². The molecule has 3 rings (SSSR count). The van der Waals surface area contributed by atoms with Crippen molar-refractivity contribution in [3.8, 4) is 5.75 Å². The minimum Gasteiger partial charge on any atom is -0.487 e. The molecule has 0 saturated carbocycles. The molecule has 4 nitrogen and oxygen atoms in total. The number of carbonyl (C=O) groups excluding carboxylic acids is 1. The molecule has 1 aliphatic rings. The number of carbonyl (C=O) groups is 1. The van der Waals surface area contributed by atoms with Crippen molar-refractivity contribution in [3.63, 3.8) is 0 Å². The van der Waals surface area contributed by atoms with Crippen molar-refractivity contribution in [2.75, 3.05) is 5.73 Å². The van der Waals surface area contributed by atoms with E-state index >= 15 is 0 Å². The normalized spacial score (nSPS) is 19.1. The zero-order chi connectivity index (χ0) is 15.7. The zero-order valence-electron chi connectivity index (χ0n) is 12.8. The maximum Gasteiger partial charge on any atom is 0.225 e. The van der Waals surface area contributed by atoms with Gasteiger partial charge in [0.25, 0.3) is 0 Å². The number of benzene rings is 1. The van der Waals surface area contributed by atoms with Gasteiger partial charge < -0.3 is 15.8 Å². The van der Waals surface area contributed by atoms with E-state index in [0.717, 1.165) is 22.6 Å². The van der Waals surface area contributed by atoms with Crippen LogP contribution in [-0.4, -0.2) is 11.5 Å². The predicted octanol–water partition coefficient (Wildman–Crippen LogP) is 3.29. The first-order valence-corrected chi connectivity index (χ1v) is 8.21. The number of thiophene rings is 1. The van der Waals surface area contributed by atoms with E-state index in [2.05, 4.69) is 5.32 Å². The number of amides is 1. The molecular weight excluding hydrogens is 296 g/mol. The van der Waals surface area contributed by atoms with Gasteiger partial charge in [-0.2, -0.15) is 0 Å². The Morgan fingerprint density at radius 2 is 2.27 bits per heavy atom. The minimum atomic E-state index is -0.315. The Bertz CT molecular complexity index is 680. The Balaban J connectivity index is 1.80. The van der Waals surface area contributed by atoms with Crippen LogP contribution in [0.15, 0.2) is 35.7 Å². The first-order chi connectivity index (χ1) is 10.4. The van der Waals surface area contributed by atoms with Crippen LogP contribution in [0.5, 0.6) is 5.75 Å². The first-order valence-electron chi connectivity index (χ1n) is 7.33. The van der Waals surface area contributed by atoms with Gasteiger partial charge in [-0.3, -0.25) is 4.79 Å².